The van der Waals surface area contributed by atoms with E-state index in [0.717, 1.165) is 24.2 Å². The van der Waals surface area contributed by atoms with E-state index < -0.39 is 17.9 Å². The van der Waals surface area contributed by atoms with Crippen LogP contribution in [0.2, 0.25) is 0 Å². The molecule has 0 aliphatic heterocycles. The molecular formula is C17H24O5. The van der Waals surface area contributed by atoms with Crippen molar-refractivity contribution in [1.82, 2.24) is 0 Å². The molecule has 0 fully saturated rings. The maximum absolute atomic E-state index is 11.8. The van der Waals surface area contributed by atoms with Gasteiger partial charge in [0.1, 0.15) is 5.75 Å². The van der Waals surface area contributed by atoms with Gasteiger partial charge in [-0.25, -0.2) is 0 Å². The minimum absolute atomic E-state index is 0.0118. The Morgan fingerprint density at radius 1 is 1.09 bits per heavy atom. The first-order valence-corrected chi connectivity index (χ1v) is 7.47. The summed E-state index contributed by atoms with van der Waals surface area (Å²) in [5, 5.41) is 0. The van der Waals surface area contributed by atoms with E-state index in [0.29, 0.717) is 13.0 Å². The zero-order valence-corrected chi connectivity index (χ0v) is 13.5. The Labute approximate surface area is 131 Å². The maximum Gasteiger partial charge on any atom is 0.309 e. The average Bonchev–Trinajstić information content (AvgIpc) is 2.55. The van der Waals surface area contributed by atoms with Crippen molar-refractivity contribution in [3.63, 3.8) is 0 Å². The molecular weight excluding hydrogens is 284 g/mol. The van der Waals surface area contributed by atoms with Crippen molar-refractivity contribution in [2.45, 2.75) is 32.6 Å². The highest BCUT2D eigenvalue weighted by molar-refractivity contribution is 5.80. The number of unbranched alkanes of at least 4 members (excludes halogenated alkanes) is 1. The highest BCUT2D eigenvalue weighted by atomic mass is 16.5. The predicted octanol–water partition coefficient (Wildman–Crippen LogP) is 2.76. The van der Waals surface area contributed by atoms with Crippen molar-refractivity contribution in [2.75, 3.05) is 20.8 Å². The smallest absolute Gasteiger partial charge is 0.309 e. The Kier molecular flexibility index (Phi) is 8.04. The van der Waals surface area contributed by atoms with E-state index in [2.05, 4.69) is 11.7 Å². The van der Waals surface area contributed by atoms with Gasteiger partial charge in [0.25, 0.3) is 0 Å². The van der Waals surface area contributed by atoms with Gasteiger partial charge in [0.2, 0.25) is 0 Å². The van der Waals surface area contributed by atoms with Gasteiger partial charge in [0.05, 0.1) is 33.2 Å². The molecule has 0 N–H and O–H groups in total. The lowest BCUT2D eigenvalue weighted by Gasteiger charge is -2.14. The molecule has 0 bridgehead atoms. The number of carbonyl (C=O) groups excluding carboxylic acids is 2. The molecule has 0 saturated carbocycles. The molecule has 0 aliphatic rings. The van der Waals surface area contributed by atoms with Gasteiger partial charge in [-0.1, -0.05) is 25.5 Å². The van der Waals surface area contributed by atoms with Crippen molar-refractivity contribution in [1.29, 1.82) is 0 Å². The van der Waals surface area contributed by atoms with E-state index in [-0.39, 0.29) is 6.42 Å². The van der Waals surface area contributed by atoms with E-state index in [4.69, 9.17) is 9.47 Å². The molecule has 0 spiro atoms. The lowest BCUT2D eigenvalue weighted by atomic mass is 9.96. The molecule has 1 rings (SSSR count). The summed E-state index contributed by atoms with van der Waals surface area (Å²) in [6.07, 6.45) is 2.55. The third kappa shape index (κ3) is 6.16. The molecule has 5 heteroatoms. The van der Waals surface area contributed by atoms with Crippen LogP contribution in [0.5, 0.6) is 5.75 Å². The fourth-order valence-corrected chi connectivity index (χ4v) is 2.03. The first kappa shape index (κ1) is 18.0. The van der Waals surface area contributed by atoms with Crippen molar-refractivity contribution < 1.29 is 23.8 Å². The summed E-state index contributed by atoms with van der Waals surface area (Å²) < 4.78 is 15.0. The standard InChI is InChI=1S/C17H24O5/c1-4-5-10-22-15-8-6-13(7-9-15)11-14(17(19)21-3)12-16(18)20-2/h6-9,14H,4-5,10-12H2,1-3H3. The molecule has 0 aliphatic carbocycles. The molecule has 0 amide bonds. The lowest BCUT2D eigenvalue weighted by Crippen LogP contribution is -2.22. The normalized spacial score (nSPS) is 11.6. The van der Waals surface area contributed by atoms with E-state index in [1.54, 1.807) is 0 Å². The summed E-state index contributed by atoms with van der Waals surface area (Å²) in [5.74, 6) is -0.562. The largest absolute Gasteiger partial charge is 0.494 e. The highest BCUT2D eigenvalue weighted by Crippen LogP contribution is 2.18. The zero-order chi connectivity index (χ0) is 16.4. The van der Waals surface area contributed by atoms with Gasteiger partial charge in [-0.05, 0) is 30.5 Å². The van der Waals surface area contributed by atoms with Crippen LogP contribution in [0.4, 0.5) is 0 Å². The summed E-state index contributed by atoms with van der Waals surface area (Å²) in [7, 11) is 2.62. The van der Waals surface area contributed by atoms with Crippen LogP contribution in [0.3, 0.4) is 0 Å². The molecule has 1 aromatic carbocycles. The second kappa shape index (κ2) is 9.82. The number of ether oxygens (including phenoxy) is 3. The fraction of sp³-hybridized carbons (Fsp3) is 0.529. The molecule has 0 aromatic heterocycles. The van der Waals surface area contributed by atoms with Crippen LogP contribution in [-0.4, -0.2) is 32.8 Å². The SMILES string of the molecule is CCCCOc1ccc(CC(CC(=O)OC)C(=O)OC)cc1. The third-order valence-electron chi connectivity index (χ3n) is 3.35. The van der Waals surface area contributed by atoms with E-state index in [1.807, 2.05) is 24.3 Å². The topological polar surface area (TPSA) is 61.8 Å². The average molecular weight is 308 g/mol. The maximum atomic E-state index is 11.8. The third-order valence-corrected chi connectivity index (χ3v) is 3.35. The number of benzene rings is 1. The number of hydrogen-bond acceptors (Lipinski definition) is 5. The lowest BCUT2D eigenvalue weighted by molar-refractivity contribution is -0.151. The number of carbonyl (C=O) groups is 2. The minimum Gasteiger partial charge on any atom is -0.494 e. The number of hydrogen-bond donors (Lipinski definition) is 0. The first-order valence-electron chi connectivity index (χ1n) is 7.47. The van der Waals surface area contributed by atoms with Gasteiger partial charge >= 0.3 is 11.9 Å². The predicted molar refractivity (Wildman–Crippen MR) is 82.7 cm³/mol. The minimum atomic E-state index is -0.538. The van der Waals surface area contributed by atoms with Gasteiger partial charge in [0, 0.05) is 0 Å². The second-order valence-corrected chi connectivity index (χ2v) is 5.05. The van der Waals surface area contributed by atoms with Gasteiger partial charge in [-0.3, -0.25) is 9.59 Å². The Morgan fingerprint density at radius 2 is 1.77 bits per heavy atom. The Balaban J connectivity index is 2.64. The highest BCUT2D eigenvalue weighted by Gasteiger charge is 2.23. The molecule has 0 saturated heterocycles. The number of rotatable bonds is 9. The molecule has 5 nitrogen and oxygen atoms in total. The molecule has 0 heterocycles. The molecule has 0 radical (unpaired) electrons. The molecule has 1 unspecified atom stereocenters. The Hall–Kier alpha value is -2.04. The summed E-state index contributed by atoms with van der Waals surface area (Å²) >= 11 is 0. The van der Waals surface area contributed by atoms with E-state index in [1.165, 1.54) is 14.2 Å². The van der Waals surface area contributed by atoms with Crippen LogP contribution >= 0.6 is 0 Å². The zero-order valence-electron chi connectivity index (χ0n) is 13.5. The van der Waals surface area contributed by atoms with Crippen LogP contribution in [0, 0.1) is 5.92 Å². The summed E-state index contributed by atoms with van der Waals surface area (Å²) in [5.41, 5.74) is 0.946. The van der Waals surface area contributed by atoms with Crippen LogP contribution in [0.25, 0.3) is 0 Å². The summed E-state index contributed by atoms with van der Waals surface area (Å²) in [4.78, 5) is 23.1. The van der Waals surface area contributed by atoms with Crippen LogP contribution < -0.4 is 4.74 Å². The Bertz CT molecular complexity index is 466. The van der Waals surface area contributed by atoms with Gasteiger partial charge in [-0.15, -0.1) is 0 Å². The van der Waals surface area contributed by atoms with Crippen LogP contribution in [0.1, 0.15) is 31.7 Å². The molecule has 1 atom stereocenters. The summed E-state index contributed by atoms with van der Waals surface area (Å²) in [6.45, 7) is 2.81. The fourth-order valence-electron chi connectivity index (χ4n) is 2.03. The monoisotopic (exact) mass is 308 g/mol. The van der Waals surface area contributed by atoms with Crippen molar-refractivity contribution in [2.24, 2.45) is 5.92 Å². The van der Waals surface area contributed by atoms with Gasteiger partial charge in [0.15, 0.2) is 0 Å². The molecule has 1 aromatic rings. The van der Waals surface area contributed by atoms with Gasteiger partial charge < -0.3 is 14.2 Å². The van der Waals surface area contributed by atoms with E-state index >= 15 is 0 Å². The van der Waals surface area contributed by atoms with Crippen molar-refractivity contribution in [3.05, 3.63) is 29.8 Å². The summed E-state index contributed by atoms with van der Waals surface area (Å²) in [6, 6.07) is 7.54. The molecule has 22 heavy (non-hydrogen) atoms. The second-order valence-electron chi connectivity index (χ2n) is 5.05. The van der Waals surface area contributed by atoms with E-state index in [9.17, 15) is 9.59 Å². The van der Waals surface area contributed by atoms with Crippen molar-refractivity contribution in [3.8, 4) is 5.75 Å². The number of methoxy groups -OCH3 is 2. The van der Waals surface area contributed by atoms with Crippen molar-refractivity contribution >= 4 is 11.9 Å². The van der Waals surface area contributed by atoms with Crippen LogP contribution in [0.15, 0.2) is 24.3 Å². The first-order chi connectivity index (χ1) is 10.6. The van der Waals surface area contributed by atoms with Gasteiger partial charge in [-0.2, -0.15) is 0 Å². The number of esters is 2. The van der Waals surface area contributed by atoms with Crippen LogP contribution in [-0.2, 0) is 25.5 Å². The Morgan fingerprint density at radius 3 is 2.32 bits per heavy atom. The molecule has 122 valence electrons. The quantitative estimate of drug-likeness (QED) is 0.518.